The fourth-order valence-electron chi connectivity index (χ4n) is 6.24. The van der Waals surface area contributed by atoms with E-state index in [1.54, 1.807) is 67.6 Å². The van der Waals surface area contributed by atoms with Gasteiger partial charge >= 0.3 is 0 Å². The molecule has 9 N–H and O–H groups in total. The van der Waals surface area contributed by atoms with Crippen molar-refractivity contribution < 1.29 is 28.7 Å². The third-order valence-corrected chi connectivity index (χ3v) is 9.08. The van der Waals surface area contributed by atoms with E-state index in [-0.39, 0.29) is 38.9 Å². The molecule has 1 heterocycles. The first kappa shape index (κ1) is 38.9. The highest BCUT2D eigenvalue weighted by Crippen LogP contribution is 2.23. The second kappa shape index (κ2) is 19.0. The van der Waals surface area contributed by atoms with E-state index < -0.39 is 65.7 Å². The molecule has 1 aliphatic heterocycles. The van der Waals surface area contributed by atoms with Crippen molar-refractivity contribution in [1.29, 1.82) is 5.41 Å². The molecule has 5 atom stereocenters. The number of carbonyl (C=O) groups is 5. The van der Waals surface area contributed by atoms with Crippen LogP contribution in [0.3, 0.4) is 0 Å². The van der Waals surface area contributed by atoms with Crippen LogP contribution < -0.4 is 37.6 Å². The predicted octanol–water partition coefficient (Wildman–Crippen LogP) is 2.35. The summed E-state index contributed by atoms with van der Waals surface area (Å²) in [6.07, 6.45) is 0.706. The van der Waals surface area contributed by atoms with Crippen LogP contribution in [0.4, 0.5) is 5.69 Å². The van der Waals surface area contributed by atoms with Gasteiger partial charge in [-0.1, -0.05) is 91.9 Å². The summed E-state index contributed by atoms with van der Waals surface area (Å²) in [5.74, 6) is -3.51. The molecule has 5 amide bonds. The minimum absolute atomic E-state index is 0.0416. The number of anilines is 1. The third kappa shape index (κ3) is 10.6. The summed E-state index contributed by atoms with van der Waals surface area (Å²) >= 11 is 0. The molecule has 1 aliphatic rings. The summed E-state index contributed by atoms with van der Waals surface area (Å²) in [6, 6.07) is 24.8. The lowest BCUT2D eigenvalue weighted by Gasteiger charge is -2.31. The van der Waals surface area contributed by atoms with Gasteiger partial charge < -0.3 is 42.4 Å². The summed E-state index contributed by atoms with van der Waals surface area (Å²) in [7, 11) is 0. The zero-order chi connectivity index (χ0) is 38.5. The molecule has 5 rings (SSSR count). The van der Waals surface area contributed by atoms with Gasteiger partial charge in [0.15, 0.2) is 5.96 Å². The first-order valence-electron chi connectivity index (χ1n) is 17.9. The Morgan fingerprint density at radius 2 is 1.54 bits per heavy atom. The van der Waals surface area contributed by atoms with E-state index in [4.69, 9.17) is 15.9 Å². The van der Waals surface area contributed by atoms with Gasteiger partial charge in [0, 0.05) is 29.7 Å². The molecule has 0 saturated carbocycles. The molecule has 5 unspecified atom stereocenters. The number of nitrogens with one attached hydrogen (secondary N) is 7. The van der Waals surface area contributed by atoms with Crippen LogP contribution in [0.25, 0.3) is 10.8 Å². The van der Waals surface area contributed by atoms with Crippen LogP contribution in [0.5, 0.6) is 0 Å². The van der Waals surface area contributed by atoms with Gasteiger partial charge in [0.1, 0.15) is 24.2 Å². The number of rotatable bonds is 9. The third-order valence-electron chi connectivity index (χ3n) is 9.08. The van der Waals surface area contributed by atoms with E-state index in [1.807, 2.05) is 42.5 Å². The lowest BCUT2D eigenvalue weighted by molar-refractivity contribution is -0.134. The van der Waals surface area contributed by atoms with Crippen molar-refractivity contribution in [3.63, 3.8) is 0 Å². The number of carbonyl (C=O) groups excluding carboxylic acids is 5. The minimum atomic E-state index is -1.33. The lowest BCUT2D eigenvalue weighted by atomic mass is 10.0. The van der Waals surface area contributed by atoms with Crippen LogP contribution in [0.15, 0.2) is 103 Å². The molecule has 4 aromatic rings. The van der Waals surface area contributed by atoms with Gasteiger partial charge in [0.25, 0.3) is 5.91 Å². The zero-order valence-electron chi connectivity index (χ0n) is 30.0. The van der Waals surface area contributed by atoms with Gasteiger partial charge in [0.05, 0.1) is 12.6 Å². The van der Waals surface area contributed by atoms with E-state index in [2.05, 4.69) is 31.9 Å². The Labute approximate surface area is 313 Å². The maximum atomic E-state index is 14.2. The Balaban J connectivity index is 1.47. The Kier molecular flexibility index (Phi) is 13.7. The Morgan fingerprint density at radius 1 is 0.852 bits per heavy atom. The molecule has 0 spiro atoms. The molecule has 0 aliphatic carbocycles. The van der Waals surface area contributed by atoms with Crippen LogP contribution in [-0.2, 0) is 30.3 Å². The van der Waals surface area contributed by atoms with Crippen LogP contribution in [0, 0.1) is 5.41 Å². The van der Waals surface area contributed by atoms with Crippen LogP contribution >= 0.6 is 0 Å². The Morgan fingerprint density at radius 3 is 2.26 bits per heavy atom. The minimum Gasteiger partial charge on any atom is -0.379 e. The molecule has 282 valence electrons. The highest BCUT2D eigenvalue weighted by Gasteiger charge is 2.36. The standard InChI is InChI=1S/C40H46N8O6/c1-2-29(47-40(41)42)34-39(53)44-31(36(50)43-30-20-11-18-26-15-9-10-19-28(26)30)21-12-22-54-24-33(46-35(49)27-16-7-4-8-17-27)38(52)45-32(37(51)48-34)23-25-13-5-3-6-14-25/h3-11,13-20,29,31-34H,2,12,21-24H2,1H3,(H,43,50)(H,44,53)(H,45,52)(H,46,49)(H,48,51)(H4,41,42,47). The zero-order valence-corrected chi connectivity index (χ0v) is 30.0. The smallest absolute Gasteiger partial charge is 0.251 e. The summed E-state index contributed by atoms with van der Waals surface area (Å²) in [5.41, 5.74) is 7.30. The molecule has 14 nitrogen and oxygen atoms in total. The highest BCUT2D eigenvalue weighted by atomic mass is 16.5. The van der Waals surface area contributed by atoms with Crippen molar-refractivity contribution in [3.8, 4) is 0 Å². The summed E-state index contributed by atoms with van der Waals surface area (Å²) in [5, 5.41) is 26.4. The van der Waals surface area contributed by atoms with E-state index in [1.165, 1.54) is 0 Å². The molecule has 54 heavy (non-hydrogen) atoms. The summed E-state index contributed by atoms with van der Waals surface area (Å²) in [4.78, 5) is 69.3. The molecule has 0 aromatic heterocycles. The van der Waals surface area contributed by atoms with Crippen LogP contribution in [-0.4, -0.2) is 78.9 Å². The first-order valence-corrected chi connectivity index (χ1v) is 17.9. The van der Waals surface area contributed by atoms with Crippen molar-refractivity contribution in [2.24, 2.45) is 5.73 Å². The van der Waals surface area contributed by atoms with Crippen molar-refractivity contribution in [3.05, 3.63) is 114 Å². The van der Waals surface area contributed by atoms with Gasteiger partial charge in [-0.05, 0) is 48.4 Å². The predicted molar refractivity (Wildman–Crippen MR) is 205 cm³/mol. The van der Waals surface area contributed by atoms with Crippen molar-refractivity contribution in [1.82, 2.24) is 26.6 Å². The molecule has 1 fully saturated rings. The SMILES string of the molecule is CCC(NC(=N)N)C1NC(=O)C(Cc2ccccc2)NC(=O)C(NC(=O)c2ccccc2)COCCCC(C(=O)Nc2cccc3ccccc23)NC1=O. The topological polar surface area (TPSA) is 217 Å². The molecule has 1 saturated heterocycles. The maximum absolute atomic E-state index is 14.2. The number of fused-ring (bicyclic) bond motifs is 1. The average Bonchev–Trinajstić information content (AvgIpc) is 3.18. The fraction of sp³-hybridized carbons (Fsp3) is 0.300. The number of hydrogen-bond acceptors (Lipinski definition) is 7. The molecular weight excluding hydrogens is 688 g/mol. The summed E-state index contributed by atoms with van der Waals surface area (Å²) < 4.78 is 5.89. The van der Waals surface area contributed by atoms with E-state index in [0.717, 1.165) is 16.3 Å². The van der Waals surface area contributed by atoms with E-state index in [0.29, 0.717) is 11.3 Å². The lowest BCUT2D eigenvalue weighted by Crippen LogP contribution is -2.64. The number of amides is 5. The molecule has 0 radical (unpaired) electrons. The van der Waals surface area contributed by atoms with Gasteiger partial charge in [0.2, 0.25) is 23.6 Å². The van der Waals surface area contributed by atoms with Gasteiger partial charge in [-0.25, -0.2) is 0 Å². The number of hydrogen-bond donors (Lipinski definition) is 8. The Bertz CT molecular complexity index is 1940. The number of nitrogens with two attached hydrogens (primary N) is 1. The number of ether oxygens (including phenoxy) is 1. The van der Waals surface area contributed by atoms with Gasteiger partial charge in [-0.15, -0.1) is 0 Å². The molecule has 4 aromatic carbocycles. The van der Waals surface area contributed by atoms with Gasteiger partial charge in [-0.2, -0.15) is 0 Å². The quantitative estimate of drug-likeness (QED) is 0.0941. The number of guanidine groups is 1. The second-order valence-electron chi connectivity index (χ2n) is 13.0. The average molecular weight is 735 g/mol. The van der Waals surface area contributed by atoms with E-state index >= 15 is 0 Å². The van der Waals surface area contributed by atoms with Crippen LogP contribution in [0.1, 0.15) is 42.1 Å². The van der Waals surface area contributed by atoms with Crippen molar-refractivity contribution in [2.45, 2.75) is 62.8 Å². The van der Waals surface area contributed by atoms with Gasteiger partial charge in [-0.3, -0.25) is 29.4 Å². The molecule has 0 bridgehead atoms. The molecule has 14 heteroatoms. The highest BCUT2D eigenvalue weighted by molar-refractivity contribution is 6.05. The fourth-order valence-corrected chi connectivity index (χ4v) is 6.24. The van der Waals surface area contributed by atoms with E-state index in [9.17, 15) is 24.0 Å². The maximum Gasteiger partial charge on any atom is 0.251 e. The summed E-state index contributed by atoms with van der Waals surface area (Å²) in [6.45, 7) is 1.60. The van der Waals surface area contributed by atoms with Crippen LogP contribution in [0.2, 0.25) is 0 Å². The van der Waals surface area contributed by atoms with Crippen molar-refractivity contribution >= 4 is 52.0 Å². The number of benzene rings is 4. The molecular formula is C40H46N8O6. The normalized spacial score (nSPS) is 20.5. The first-order chi connectivity index (χ1) is 26.1. The largest absolute Gasteiger partial charge is 0.379 e. The Hall–Kier alpha value is -6.28. The second-order valence-corrected chi connectivity index (χ2v) is 13.0. The van der Waals surface area contributed by atoms with Crippen molar-refractivity contribution in [2.75, 3.05) is 18.5 Å². The monoisotopic (exact) mass is 734 g/mol.